The van der Waals surface area contributed by atoms with Crippen molar-refractivity contribution in [1.82, 2.24) is 24.3 Å². The normalized spacial score (nSPS) is 21.2. The first-order chi connectivity index (χ1) is 18.6. The van der Waals surface area contributed by atoms with E-state index in [1.807, 2.05) is 18.7 Å². The Hall–Kier alpha value is -2.75. The number of imidazole rings is 1. The molecule has 0 aliphatic carbocycles. The molecule has 8 heteroatoms. The molecule has 0 bridgehead atoms. The monoisotopic (exact) mass is 516 g/mol. The summed E-state index contributed by atoms with van der Waals surface area (Å²) in [4.78, 5) is 14.0. The lowest BCUT2D eigenvalue weighted by Gasteiger charge is -2.51. The van der Waals surface area contributed by atoms with E-state index >= 15 is 0 Å². The molecule has 2 aromatic carbocycles. The van der Waals surface area contributed by atoms with Crippen molar-refractivity contribution < 1.29 is 0 Å². The van der Waals surface area contributed by atoms with Gasteiger partial charge >= 0.3 is 0 Å². The third-order valence-corrected chi connectivity index (χ3v) is 8.43. The van der Waals surface area contributed by atoms with E-state index < -0.39 is 0 Å². The van der Waals surface area contributed by atoms with Gasteiger partial charge in [-0.15, -0.1) is 0 Å². The second kappa shape index (κ2) is 12.4. The Kier molecular flexibility index (Phi) is 8.76. The van der Waals surface area contributed by atoms with Crippen LogP contribution in [-0.2, 0) is 6.54 Å². The van der Waals surface area contributed by atoms with E-state index in [2.05, 4.69) is 91.5 Å². The summed E-state index contributed by atoms with van der Waals surface area (Å²) in [6.07, 6.45) is 8.52. The van der Waals surface area contributed by atoms with Crippen molar-refractivity contribution in [1.29, 1.82) is 0 Å². The third kappa shape index (κ3) is 5.65. The lowest BCUT2D eigenvalue weighted by Crippen LogP contribution is -2.64. The molecule has 1 saturated heterocycles. The molecular weight excluding hydrogens is 472 g/mol. The number of benzene rings is 2. The van der Waals surface area contributed by atoms with E-state index in [9.17, 15) is 0 Å². The Morgan fingerprint density at radius 2 is 1.66 bits per heavy atom. The summed E-state index contributed by atoms with van der Waals surface area (Å²) in [6, 6.07) is 17.5. The molecule has 0 spiro atoms. The lowest BCUT2D eigenvalue weighted by atomic mass is 9.97. The number of para-hydroxylation sites is 2. The predicted molar refractivity (Wildman–Crippen MR) is 155 cm³/mol. The Balaban J connectivity index is 1.26. The molecule has 2 aliphatic heterocycles. The topological polar surface area (TPSA) is 82.8 Å². The third-order valence-electron chi connectivity index (χ3n) is 8.43. The van der Waals surface area contributed by atoms with Crippen LogP contribution >= 0.6 is 0 Å². The molecule has 5 rings (SSSR count). The van der Waals surface area contributed by atoms with Gasteiger partial charge in [-0.25, -0.2) is 9.88 Å². The molecule has 204 valence electrons. The van der Waals surface area contributed by atoms with E-state index in [1.54, 1.807) is 0 Å². The van der Waals surface area contributed by atoms with Gasteiger partial charge in [0.15, 0.2) is 0 Å². The highest BCUT2D eigenvalue weighted by molar-refractivity contribution is 5.57. The largest absolute Gasteiger partial charge is 0.343 e. The fourth-order valence-electron chi connectivity index (χ4n) is 6.24. The first-order valence-corrected chi connectivity index (χ1v) is 14.3. The first-order valence-electron chi connectivity index (χ1n) is 14.3. The molecule has 2 atom stereocenters. The number of hydrogen-bond acceptors (Lipinski definition) is 7. The van der Waals surface area contributed by atoms with E-state index in [0.29, 0.717) is 6.04 Å². The summed E-state index contributed by atoms with van der Waals surface area (Å²) in [5, 5.41) is 0. The summed E-state index contributed by atoms with van der Waals surface area (Å²) >= 11 is 0. The zero-order valence-electron chi connectivity index (χ0n) is 23.0. The van der Waals surface area contributed by atoms with Crippen molar-refractivity contribution in [3.05, 3.63) is 78.4 Å². The fourth-order valence-corrected chi connectivity index (χ4v) is 6.24. The van der Waals surface area contributed by atoms with Gasteiger partial charge in [-0.2, -0.15) is 0 Å². The summed E-state index contributed by atoms with van der Waals surface area (Å²) in [5.41, 5.74) is 18.8. The van der Waals surface area contributed by atoms with Gasteiger partial charge in [0.05, 0.1) is 18.2 Å². The quantitative estimate of drug-likeness (QED) is 0.426. The number of hydrogen-bond donors (Lipinski definition) is 2. The van der Waals surface area contributed by atoms with Crippen LogP contribution in [0, 0.1) is 0 Å². The molecule has 4 N–H and O–H groups in total. The Morgan fingerprint density at radius 3 is 2.37 bits per heavy atom. The lowest BCUT2D eigenvalue weighted by molar-refractivity contribution is 0.0283. The van der Waals surface area contributed by atoms with Crippen LogP contribution < -0.4 is 16.4 Å². The van der Waals surface area contributed by atoms with Crippen LogP contribution in [0.5, 0.6) is 0 Å². The van der Waals surface area contributed by atoms with Gasteiger partial charge in [-0.05, 0) is 69.7 Å². The Bertz CT molecular complexity index is 1140. The molecule has 2 aliphatic rings. The average molecular weight is 517 g/mol. The number of fused-ring (bicyclic) bond motifs is 1. The molecule has 0 amide bonds. The molecule has 0 radical (unpaired) electrons. The fraction of sp³-hybridized carbons (Fsp3) is 0.500. The minimum absolute atomic E-state index is 0.182. The highest BCUT2D eigenvalue weighted by atomic mass is 15.5. The predicted octanol–water partition coefficient (Wildman–Crippen LogP) is 3.59. The molecule has 38 heavy (non-hydrogen) atoms. The second-order valence-corrected chi connectivity index (χ2v) is 10.5. The molecule has 1 fully saturated rings. The van der Waals surface area contributed by atoms with Crippen LogP contribution in [0.25, 0.3) is 5.69 Å². The van der Waals surface area contributed by atoms with E-state index in [4.69, 9.17) is 11.5 Å². The van der Waals surface area contributed by atoms with E-state index in [1.165, 1.54) is 22.5 Å². The summed E-state index contributed by atoms with van der Waals surface area (Å²) < 4.78 is 2.10. The summed E-state index contributed by atoms with van der Waals surface area (Å²) in [5.74, 6) is 0. The number of rotatable bonds is 10. The van der Waals surface area contributed by atoms with Crippen LogP contribution in [0.2, 0.25) is 0 Å². The van der Waals surface area contributed by atoms with Crippen molar-refractivity contribution >= 4 is 5.69 Å². The molecular formula is C30H44N8. The minimum Gasteiger partial charge on any atom is -0.343 e. The molecule has 3 aromatic rings. The molecule has 2 unspecified atom stereocenters. The van der Waals surface area contributed by atoms with Crippen LogP contribution in [0.3, 0.4) is 0 Å². The van der Waals surface area contributed by atoms with Gasteiger partial charge in [-0.3, -0.25) is 10.6 Å². The van der Waals surface area contributed by atoms with Gasteiger partial charge in [0.25, 0.3) is 0 Å². The number of nitrogens with two attached hydrogens (primary N) is 2. The van der Waals surface area contributed by atoms with Crippen molar-refractivity contribution in [2.75, 3.05) is 44.2 Å². The second-order valence-electron chi connectivity index (χ2n) is 10.5. The maximum atomic E-state index is 7.01. The van der Waals surface area contributed by atoms with Gasteiger partial charge in [0.1, 0.15) is 6.29 Å². The number of anilines is 1. The van der Waals surface area contributed by atoms with E-state index in [0.717, 1.165) is 65.1 Å². The van der Waals surface area contributed by atoms with Crippen molar-refractivity contribution in [2.24, 2.45) is 11.5 Å². The van der Waals surface area contributed by atoms with Crippen molar-refractivity contribution in [3.63, 3.8) is 0 Å². The Morgan fingerprint density at radius 1 is 0.947 bits per heavy atom. The summed E-state index contributed by atoms with van der Waals surface area (Å²) in [6.45, 7) is 11.6. The van der Waals surface area contributed by atoms with Crippen LogP contribution in [0.4, 0.5) is 5.69 Å². The van der Waals surface area contributed by atoms with Gasteiger partial charge in [-0.1, -0.05) is 50.2 Å². The number of piperidine rings is 1. The number of aromatic nitrogens is 2. The molecule has 0 saturated carbocycles. The van der Waals surface area contributed by atoms with Gasteiger partial charge < -0.3 is 20.1 Å². The highest BCUT2D eigenvalue weighted by Crippen LogP contribution is 2.38. The zero-order valence-corrected chi connectivity index (χ0v) is 23.0. The van der Waals surface area contributed by atoms with Crippen molar-refractivity contribution in [2.45, 2.75) is 58.2 Å². The first kappa shape index (κ1) is 26.8. The minimum atomic E-state index is -0.213. The number of likely N-dealkylation sites (tertiary alicyclic amines) is 1. The molecule has 1 aromatic heterocycles. The standard InChI is InChI=1S/C30H44N8/c1-3-34(4-2)17-9-18-37-28-13-8-6-11-26(28)29(31)38(30(37)32)25-14-19-35(20-15-25)22-24-10-5-7-12-27(24)36-21-16-33-23-36/h5-8,10-13,16,21,23,25,29-30H,3-4,9,14-15,17-20,22,31-32H2,1-2H3. The SMILES string of the molecule is CCN(CC)CCCN1c2ccccc2C(N)N(C2CCN(Cc3ccccc3-n3ccnc3)CC2)C1N. The van der Waals surface area contributed by atoms with Crippen LogP contribution in [0.1, 0.15) is 50.4 Å². The van der Waals surface area contributed by atoms with Gasteiger partial charge in [0.2, 0.25) is 0 Å². The molecule has 8 nitrogen and oxygen atoms in total. The Labute approximate surface area is 227 Å². The maximum absolute atomic E-state index is 7.01. The van der Waals surface area contributed by atoms with Gasteiger partial charge in [0, 0.05) is 42.8 Å². The highest BCUT2D eigenvalue weighted by Gasteiger charge is 2.40. The maximum Gasteiger partial charge on any atom is 0.136 e. The van der Waals surface area contributed by atoms with Crippen LogP contribution in [-0.4, -0.2) is 75.9 Å². The zero-order chi connectivity index (χ0) is 26.5. The van der Waals surface area contributed by atoms with Crippen molar-refractivity contribution in [3.8, 4) is 5.69 Å². The smallest absolute Gasteiger partial charge is 0.136 e. The molecule has 3 heterocycles. The number of nitrogens with zero attached hydrogens (tertiary/aromatic N) is 6. The van der Waals surface area contributed by atoms with E-state index in [-0.39, 0.29) is 12.5 Å². The van der Waals surface area contributed by atoms with Crippen LogP contribution in [0.15, 0.2) is 67.3 Å². The average Bonchev–Trinajstić information content (AvgIpc) is 3.49. The summed E-state index contributed by atoms with van der Waals surface area (Å²) in [7, 11) is 0.